The molecule has 0 aliphatic heterocycles. The highest BCUT2D eigenvalue weighted by molar-refractivity contribution is 7.89. The fourth-order valence-corrected chi connectivity index (χ4v) is 5.23. The topological polar surface area (TPSA) is 89.5 Å². The van der Waals surface area contributed by atoms with Crippen LogP contribution in [0.25, 0.3) is 11.1 Å². The van der Waals surface area contributed by atoms with Crippen molar-refractivity contribution in [3.05, 3.63) is 114 Å². The monoisotopic (exact) mass is 501 g/mol. The minimum absolute atomic E-state index is 0.138. The van der Waals surface area contributed by atoms with Crippen LogP contribution in [0.15, 0.2) is 102 Å². The molecule has 4 rings (SSSR count). The number of sulfonamides is 1. The zero-order valence-corrected chi connectivity index (χ0v) is 20.8. The van der Waals surface area contributed by atoms with Crippen LogP contribution in [0.2, 0.25) is 0 Å². The first-order valence-electron chi connectivity index (χ1n) is 11.5. The maximum absolute atomic E-state index is 13.6. The van der Waals surface area contributed by atoms with E-state index in [1.165, 1.54) is 17.6 Å². The molecule has 7 nitrogen and oxygen atoms in total. The Morgan fingerprint density at radius 3 is 2.17 bits per heavy atom. The summed E-state index contributed by atoms with van der Waals surface area (Å²) < 4.78 is 33.3. The summed E-state index contributed by atoms with van der Waals surface area (Å²) in [7, 11) is -2.45. The molecule has 4 aromatic rings. The van der Waals surface area contributed by atoms with Crippen molar-refractivity contribution in [2.24, 2.45) is 0 Å². The first kappa shape index (κ1) is 25.2. The van der Waals surface area contributed by atoms with Gasteiger partial charge in [0.25, 0.3) is 0 Å². The standard InChI is InChI=1S/C28H27N3O4S/c1-35-28(32)14-11-22-5-2-6-24(17-22)21-31(36(33,34)27-8-4-16-30-19-27)20-23-9-12-25(13-10-23)26-7-3-15-29-18-26/h2-10,12-13,15-19H,11,14,20-21H2,1H3. The van der Waals surface area contributed by atoms with E-state index in [9.17, 15) is 13.2 Å². The normalized spacial score (nSPS) is 11.4. The molecule has 2 aromatic carbocycles. The molecule has 36 heavy (non-hydrogen) atoms. The molecule has 0 spiro atoms. The predicted octanol–water partition coefficient (Wildman–Crippen LogP) is 4.64. The van der Waals surface area contributed by atoms with Gasteiger partial charge in [-0.2, -0.15) is 4.31 Å². The number of hydrogen-bond donors (Lipinski definition) is 0. The number of carbonyl (C=O) groups is 1. The molecular weight excluding hydrogens is 474 g/mol. The summed E-state index contributed by atoms with van der Waals surface area (Å²) in [4.78, 5) is 19.8. The van der Waals surface area contributed by atoms with Crippen molar-refractivity contribution < 1.29 is 17.9 Å². The lowest BCUT2D eigenvalue weighted by atomic mass is 10.1. The average molecular weight is 502 g/mol. The Hall–Kier alpha value is -3.88. The molecule has 8 heteroatoms. The van der Waals surface area contributed by atoms with Crippen LogP contribution in [0.5, 0.6) is 0 Å². The Balaban J connectivity index is 1.60. The second kappa shape index (κ2) is 11.7. The quantitative estimate of drug-likeness (QED) is 0.294. The number of benzene rings is 2. The van der Waals surface area contributed by atoms with Gasteiger partial charge in [-0.15, -0.1) is 0 Å². The zero-order valence-electron chi connectivity index (χ0n) is 19.9. The number of aryl methyl sites for hydroxylation is 1. The summed E-state index contributed by atoms with van der Waals surface area (Å²) in [6.07, 6.45) is 7.21. The van der Waals surface area contributed by atoms with Crippen molar-refractivity contribution >= 4 is 16.0 Å². The van der Waals surface area contributed by atoms with Crippen LogP contribution < -0.4 is 0 Å². The van der Waals surface area contributed by atoms with Crippen molar-refractivity contribution in [1.29, 1.82) is 0 Å². The number of ether oxygens (including phenoxy) is 1. The Labute approximate surface area is 211 Å². The van der Waals surface area contributed by atoms with E-state index in [0.717, 1.165) is 27.8 Å². The van der Waals surface area contributed by atoms with E-state index in [0.29, 0.717) is 6.42 Å². The van der Waals surface area contributed by atoms with Crippen LogP contribution in [0.3, 0.4) is 0 Å². The molecule has 0 aliphatic carbocycles. The van der Waals surface area contributed by atoms with E-state index in [1.54, 1.807) is 30.7 Å². The number of carbonyl (C=O) groups excluding carboxylic acids is 1. The highest BCUT2D eigenvalue weighted by Gasteiger charge is 2.25. The van der Waals surface area contributed by atoms with Crippen LogP contribution in [0.1, 0.15) is 23.1 Å². The summed E-state index contributed by atoms with van der Waals surface area (Å²) >= 11 is 0. The molecule has 0 aliphatic rings. The molecule has 2 heterocycles. The van der Waals surface area contributed by atoms with E-state index >= 15 is 0 Å². The fourth-order valence-electron chi connectivity index (χ4n) is 3.85. The molecule has 0 radical (unpaired) electrons. The van der Waals surface area contributed by atoms with Gasteiger partial charge in [0.15, 0.2) is 0 Å². The minimum atomic E-state index is -3.82. The fraction of sp³-hybridized carbons (Fsp3) is 0.179. The van der Waals surface area contributed by atoms with Gasteiger partial charge < -0.3 is 4.74 Å². The minimum Gasteiger partial charge on any atom is -0.469 e. The van der Waals surface area contributed by atoms with Gasteiger partial charge in [0.2, 0.25) is 10.0 Å². The highest BCUT2D eigenvalue weighted by atomic mass is 32.2. The number of pyridine rings is 2. The summed E-state index contributed by atoms with van der Waals surface area (Å²) in [5, 5.41) is 0. The van der Waals surface area contributed by atoms with Crippen molar-refractivity contribution in [3.63, 3.8) is 0 Å². The number of esters is 1. The van der Waals surface area contributed by atoms with Crippen LogP contribution in [-0.4, -0.2) is 35.8 Å². The van der Waals surface area contributed by atoms with Crippen LogP contribution in [-0.2, 0) is 39.1 Å². The molecule has 184 valence electrons. The van der Waals surface area contributed by atoms with Crippen molar-refractivity contribution in [2.45, 2.75) is 30.8 Å². The van der Waals surface area contributed by atoms with Crippen molar-refractivity contribution in [1.82, 2.24) is 14.3 Å². The SMILES string of the molecule is COC(=O)CCc1cccc(CN(Cc2ccc(-c3cccnc3)cc2)S(=O)(=O)c2cccnc2)c1. The number of rotatable bonds is 10. The lowest BCUT2D eigenvalue weighted by Gasteiger charge is -2.23. The second-order valence-electron chi connectivity index (χ2n) is 8.30. The van der Waals surface area contributed by atoms with Crippen LogP contribution in [0.4, 0.5) is 0 Å². The largest absolute Gasteiger partial charge is 0.469 e. The molecule has 0 bridgehead atoms. The van der Waals surface area contributed by atoms with Gasteiger partial charge in [0.05, 0.1) is 7.11 Å². The molecule has 0 saturated heterocycles. The van der Waals surface area contributed by atoms with Gasteiger partial charge >= 0.3 is 5.97 Å². The van der Waals surface area contributed by atoms with E-state index in [4.69, 9.17) is 4.74 Å². The van der Waals surface area contributed by atoms with Gasteiger partial charge in [0.1, 0.15) is 4.90 Å². The summed E-state index contributed by atoms with van der Waals surface area (Å²) in [6.45, 7) is 0.366. The van der Waals surface area contributed by atoms with E-state index in [2.05, 4.69) is 9.97 Å². The average Bonchev–Trinajstić information content (AvgIpc) is 2.93. The van der Waals surface area contributed by atoms with Gasteiger partial charge in [-0.1, -0.05) is 54.6 Å². The molecule has 2 aromatic heterocycles. The Bertz CT molecular complexity index is 1390. The molecule has 0 unspecified atom stereocenters. The zero-order chi connectivity index (χ0) is 25.4. The van der Waals surface area contributed by atoms with Gasteiger partial charge in [-0.05, 0) is 52.4 Å². The second-order valence-corrected chi connectivity index (χ2v) is 10.2. The first-order chi connectivity index (χ1) is 17.5. The third-order valence-corrected chi connectivity index (χ3v) is 7.55. The molecular formula is C28H27N3O4S. The molecule has 0 saturated carbocycles. The summed E-state index contributed by atoms with van der Waals surface area (Å²) in [5.74, 6) is -0.282. The van der Waals surface area contributed by atoms with Crippen LogP contribution in [0, 0.1) is 0 Å². The van der Waals surface area contributed by atoms with Crippen LogP contribution >= 0.6 is 0 Å². The predicted molar refractivity (Wildman–Crippen MR) is 137 cm³/mol. The lowest BCUT2D eigenvalue weighted by Crippen LogP contribution is -2.30. The smallest absolute Gasteiger partial charge is 0.305 e. The van der Waals surface area contributed by atoms with E-state index in [-0.39, 0.29) is 30.4 Å². The number of nitrogens with zero attached hydrogens (tertiary/aromatic N) is 3. The summed E-state index contributed by atoms with van der Waals surface area (Å²) in [5.41, 5.74) is 4.63. The molecule has 0 atom stereocenters. The lowest BCUT2D eigenvalue weighted by molar-refractivity contribution is -0.140. The van der Waals surface area contributed by atoms with Crippen molar-refractivity contribution in [3.8, 4) is 11.1 Å². The van der Waals surface area contributed by atoms with E-state index < -0.39 is 10.0 Å². The van der Waals surface area contributed by atoms with Gasteiger partial charge in [0, 0.05) is 44.3 Å². The Kier molecular flexibility index (Phi) is 8.20. The molecule has 0 amide bonds. The third kappa shape index (κ3) is 6.41. The third-order valence-electron chi connectivity index (χ3n) is 5.78. The molecule has 0 N–H and O–H groups in total. The Morgan fingerprint density at radius 2 is 1.50 bits per heavy atom. The number of methoxy groups -OCH3 is 1. The van der Waals surface area contributed by atoms with Gasteiger partial charge in [-0.25, -0.2) is 8.42 Å². The summed E-state index contributed by atoms with van der Waals surface area (Å²) in [6, 6.07) is 22.4. The van der Waals surface area contributed by atoms with Gasteiger partial charge in [-0.3, -0.25) is 14.8 Å². The Morgan fingerprint density at radius 1 is 0.806 bits per heavy atom. The number of hydrogen-bond acceptors (Lipinski definition) is 6. The van der Waals surface area contributed by atoms with Crippen molar-refractivity contribution in [2.75, 3.05) is 7.11 Å². The highest BCUT2D eigenvalue weighted by Crippen LogP contribution is 2.23. The molecule has 0 fully saturated rings. The van der Waals surface area contributed by atoms with E-state index in [1.807, 2.05) is 60.7 Å². The maximum Gasteiger partial charge on any atom is 0.305 e. The first-order valence-corrected chi connectivity index (χ1v) is 12.9. The maximum atomic E-state index is 13.6. The number of aromatic nitrogens is 2.